The van der Waals surface area contributed by atoms with Gasteiger partial charge in [-0.3, -0.25) is 0 Å². The van der Waals surface area contributed by atoms with E-state index in [2.05, 4.69) is 13.8 Å². The maximum absolute atomic E-state index is 9.55. The van der Waals surface area contributed by atoms with Crippen LogP contribution >= 0.6 is 0 Å². The molecule has 0 heterocycles. The van der Waals surface area contributed by atoms with E-state index in [1.165, 1.54) is 146 Å². The molecule has 0 aliphatic carbocycles. The van der Waals surface area contributed by atoms with Crippen LogP contribution in [-0.2, 0) is 0 Å². The minimum atomic E-state index is 0.819. The van der Waals surface area contributed by atoms with Crippen LogP contribution in [0.25, 0.3) is 0 Å². The molecule has 0 rings (SSSR count). The average molecular weight is 426 g/mol. The highest BCUT2D eigenvalue weighted by Gasteiger charge is 1.98. The quantitative estimate of drug-likeness (QED) is 0.110. The van der Waals surface area contributed by atoms with Gasteiger partial charge in [-0.25, -0.2) is 0 Å². The van der Waals surface area contributed by atoms with Gasteiger partial charge in [0.2, 0.25) is 0 Å². The lowest BCUT2D eigenvalue weighted by atomic mass is 10.0. The largest absolute Gasteiger partial charge is 0.314 e. The summed E-state index contributed by atoms with van der Waals surface area (Å²) in [6, 6.07) is 0. The molecule has 0 aliphatic heterocycles. The zero-order valence-electron chi connectivity index (χ0n) is 21.3. The van der Waals surface area contributed by atoms with Crippen LogP contribution in [0.2, 0.25) is 0 Å². The van der Waals surface area contributed by atoms with Crippen molar-refractivity contribution in [3.05, 3.63) is 0 Å². The van der Waals surface area contributed by atoms with Crippen LogP contribution in [0, 0.1) is 0 Å². The van der Waals surface area contributed by atoms with Crippen molar-refractivity contribution in [1.29, 1.82) is 0 Å². The maximum Gasteiger partial charge on any atom is 0.0238 e. The first kappa shape index (κ1) is 29.9. The second-order valence-corrected chi connectivity index (χ2v) is 9.73. The Hall–Kier alpha value is -0.0800. The third-order valence-electron chi connectivity index (χ3n) is 6.50. The molecule has 0 aliphatic rings. The SMILES string of the molecule is CCCCCCCCCCCCCCCCCCCCCCCCCN(O)CCC. The summed E-state index contributed by atoms with van der Waals surface area (Å²) in [5.74, 6) is 0. The van der Waals surface area contributed by atoms with Gasteiger partial charge >= 0.3 is 0 Å². The molecule has 2 nitrogen and oxygen atoms in total. The van der Waals surface area contributed by atoms with Crippen LogP contribution < -0.4 is 0 Å². The van der Waals surface area contributed by atoms with Crippen molar-refractivity contribution in [3.63, 3.8) is 0 Å². The first-order chi connectivity index (χ1) is 14.8. The minimum Gasteiger partial charge on any atom is -0.314 e. The Labute approximate surface area is 191 Å². The van der Waals surface area contributed by atoms with Crippen molar-refractivity contribution < 1.29 is 5.21 Å². The smallest absolute Gasteiger partial charge is 0.0238 e. The summed E-state index contributed by atoms with van der Waals surface area (Å²) in [5.41, 5.74) is 0. The maximum atomic E-state index is 9.55. The minimum absolute atomic E-state index is 0.819. The van der Waals surface area contributed by atoms with Gasteiger partial charge in [-0.15, -0.1) is 0 Å². The molecule has 0 spiro atoms. The van der Waals surface area contributed by atoms with Crippen molar-refractivity contribution >= 4 is 0 Å². The molecule has 0 aromatic heterocycles. The Kier molecular flexibility index (Phi) is 26.9. The molecular weight excluding hydrogens is 366 g/mol. The lowest BCUT2D eigenvalue weighted by Crippen LogP contribution is -2.21. The van der Waals surface area contributed by atoms with Crippen molar-refractivity contribution in [3.8, 4) is 0 Å². The molecule has 0 unspecified atom stereocenters. The number of hydrogen-bond donors (Lipinski definition) is 1. The molecule has 0 atom stereocenters. The molecule has 0 radical (unpaired) electrons. The summed E-state index contributed by atoms with van der Waals surface area (Å²) in [6.45, 7) is 6.09. The molecule has 0 aromatic carbocycles. The fraction of sp³-hybridized carbons (Fsp3) is 1.00. The zero-order chi connectivity index (χ0) is 22.0. The Morgan fingerprint density at radius 2 is 0.600 bits per heavy atom. The molecule has 2 heteroatoms. The van der Waals surface area contributed by atoms with Crippen LogP contribution in [0.4, 0.5) is 0 Å². The number of unbranched alkanes of at least 4 members (excludes halogenated alkanes) is 22. The van der Waals surface area contributed by atoms with E-state index in [1.54, 1.807) is 0 Å². The van der Waals surface area contributed by atoms with E-state index in [4.69, 9.17) is 0 Å². The van der Waals surface area contributed by atoms with E-state index < -0.39 is 0 Å². The van der Waals surface area contributed by atoms with Gasteiger partial charge < -0.3 is 5.21 Å². The van der Waals surface area contributed by atoms with E-state index in [-0.39, 0.29) is 0 Å². The fourth-order valence-electron chi connectivity index (χ4n) is 4.45. The number of hydroxylamine groups is 2. The lowest BCUT2D eigenvalue weighted by Gasteiger charge is -2.12. The van der Waals surface area contributed by atoms with E-state index in [0.717, 1.165) is 25.9 Å². The predicted molar refractivity (Wildman–Crippen MR) is 136 cm³/mol. The molecule has 182 valence electrons. The molecule has 0 aromatic rings. The second-order valence-electron chi connectivity index (χ2n) is 9.73. The van der Waals surface area contributed by atoms with Gasteiger partial charge in [-0.05, 0) is 12.8 Å². The molecule has 1 N–H and O–H groups in total. The van der Waals surface area contributed by atoms with Crippen molar-refractivity contribution in [2.45, 2.75) is 168 Å². The summed E-state index contributed by atoms with van der Waals surface area (Å²) < 4.78 is 0. The number of rotatable bonds is 26. The van der Waals surface area contributed by atoms with Crippen LogP contribution in [0.5, 0.6) is 0 Å². The van der Waals surface area contributed by atoms with E-state index in [1.807, 2.05) is 0 Å². The summed E-state index contributed by atoms with van der Waals surface area (Å²) in [7, 11) is 0. The van der Waals surface area contributed by atoms with Crippen molar-refractivity contribution in [2.75, 3.05) is 13.1 Å². The Morgan fingerprint density at radius 3 is 0.867 bits per heavy atom. The van der Waals surface area contributed by atoms with Crippen LogP contribution in [0.1, 0.15) is 168 Å². The van der Waals surface area contributed by atoms with Gasteiger partial charge in [0.15, 0.2) is 0 Å². The van der Waals surface area contributed by atoms with Crippen LogP contribution in [0.15, 0.2) is 0 Å². The third-order valence-corrected chi connectivity index (χ3v) is 6.50. The number of nitrogens with zero attached hydrogens (tertiary/aromatic N) is 1. The lowest BCUT2D eigenvalue weighted by molar-refractivity contribution is -0.0913. The van der Waals surface area contributed by atoms with Gasteiger partial charge in [0.25, 0.3) is 0 Å². The molecular formula is C28H59NO. The van der Waals surface area contributed by atoms with Crippen molar-refractivity contribution in [1.82, 2.24) is 5.06 Å². The molecule has 0 bridgehead atoms. The summed E-state index contributed by atoms with van der Waals surface area (Å²) >= 11 is 0. The van der Waals surface area contributed by atoms with Crippen LogP contribution in [-0.4, -0.2) is 23.4 Å². The summed E-state index contributed by atoms with van der Waals surface area (Å²) in [6.07, 6.45) is 33.9. The Morgan fingerprint density at radius 1 is 0.333 bits per heavy atom. The first-order valence-corrected chi connectivity index (χ1v) is 14.2. The summed E-state index contributed by atoms with van der Waals surface area (Å²) in [4.78, 5) is 0. The molecule has 0 fully saturated rings. The Balaban J connectivity index is 3.02. The first-order valence-electron chi connectivity index (χ1n) is 14.2. The predicted octanol–water partition coefficient (Wildman–Crippen LogP) is 10.1. The zero-order valence-corrected chi connectivity index (χ0v) is 21.3. The normalized spacial score (nSPS) is 11.6. The average Bonchev–Trinajstić information content (AvgIpc) is 2.74. The number of hydrogen-bond acceptors (Lipinski definition) is 2. The topological polar surface area (TPSA) is 23.5 Å². The second kappa shape index (κ2) is 27.0. The summed E-state index contributed by atoms with van der Waals surface area (Å²) in [5, 5.41) is 11.0. The van der Waals surface area contributed by atoms with E-state index in [9.17, 15) is 5.21 Å². The molecule has 0 saturated heterocycles. The fourth-order valence-corrected chi connectivity index (χ4v) is 4.45. The third kappa shape index (κ3) is 26.0. The van der Waals surface area contributed by atoms with Gasteiger partial charge in [0.05, 0.1) is 0 Å². The van der Waals surface area contributed by atoms with Gasteiger partial charge in [0, 0.05) is 13.1 Å². The van der Waals surface area contributed by atoms with Crippen LogP contribution in [0.3, 0.4) is 0 Å². The highest BCUT2D eigenvalue weighted by atomic mass is 16.5. The monoisotopic (exact) mass is 425 g/mol. The Bertz CT molecular complexity index is 294. The van der Waals surface area contributed by atoms with Gasteiger partial charge in [0.1, 0.15) is 0 Å². The molecule has 30 heavy (non-hydrogen) atoms. The van der Waals surface area contributed by atoms with Crippen molar-refractivity contribution in [2.24, 2.45) is 0 Å². The molecule has 0 amide bonds. The standard InChI is InChI=1S/C28H59NO/c1-3-5-6-7-8-9-10-11-12-13-14-15-16-17-18-19-20-21-22-23-24-25-26-28-29(30)27-4-2/h30H,3-28H2,1-2H3. The molecule has 0 saturated carbocycles. The van der Waals surface area contributed by atoms with Gasteiger partial charge in [-0.1, -0.05) is 155 Å². The highest BCUT2D eigenvalue weighted by Crippen LogP contribution is 2.15. The highest BCUT2D eigenvalue weighted by molar-refractivity contribution is 4.52. The van der Waals surface area contributed by atoms with E-state index >= 15 is 0 Å². The van der Waals surface area contributed by atoms with Gasteiger partial charge in [-0.2, -0.15) is 5.06 Å². The van der Waals surface area contributed by atoms with E-state index in [0.29, 0.717) is 0 Å².